The van der Waals surface area contributed by atoms with Crippen molar-refractivity contribution in [1.29, 1.82) is 0 Å². The molecule has 9 heteroatoms. The van der Waals surface area contributed by atoms with Crippen LogP contribution in [0.25, 0.3) is 0 Å². The molecule has 0 saturated carbocycles. The van der Waals surface area contributed by atoms with Crippen molar-refractivity contribution in [2.24, 2.45) is 0 Å². The normalized spacial score (nSPS) is 13.2. The summed E-state index contributed by atoms with van der Waals surface area (Å²) in [5.41, 5.74) is 0. The number of allylic oxidation sites excluding steroid dienone is 14. The first kappa shape index (κ1) is 77.5. The Bertz CT molecular complexity index is 1600. The zero-order chi connectivity index (χ0) is 59.1. The molecule has 0 aliphatic carbocycles. The Morgan fingerprint density at radius 2 is 0.704 bits per heavy atom. The number of quaternary nitrogens is 1. The van der Waals surface area contributed by atoms with Gasteiger partial charge in [-0.1, -0.05) is 279 Å². The van der Waals surface area contributed by atoms with E-state index in [2.05, 4.69) is 98.9 Å². The Morgan fingerprint density at radius 3 is 1.05 bits per heavy atom. The second-order valence-corrected chi connectivity index (χ2v) is 23.7. The zero-order valence-corrected chi connectivity index (χ0v) is 53.4. The van der Waals surface area contributed by atoms with E-state index < -0.39 is 24.3 Å². The van der Waals surface area contributed by atoms with Crippen LogP contribution in [-0.4, -0.2) is 82.3 Å². The van der Waals surface area contributed by atoms with Gasteiger partial charge in [-0.3, -0.25) is 9.59 Å². The summed E-state index contributed by atoms with van der Waals surface area (Å²) in [5, 5.41) is 11.8. The molecule has 0 bridgehead atoms. The smallest absolute Gasteiger partial charge is 0.306 e. The van der Waals surface area contributed by atoms with Crippen LogP contribution in [-0.2, 0) is 33.3 Å². The highest BCUT2D eigenvalue weighted by Crippen LogP contribution is 2.18. The first-order chi connectivity index (χ1) is 39.6. The van der Waals surface area contributed by atoms with E-state index in [0.717, 1.165) is 89.9 Å². The molecule has 9 nitrogen and oxygen atoms in total. The largest absolute Gasteiger partial charge is 0.545 e. The van der Waals surface area contributed by atoms with Crippen LogP contribution in [0.1, 0.15) is 296 Å². The summed E-state index contributed by atoms with van der Waals surface area (Å²) in [7, 11) is 5.92. The van der Waals surface area contributed by atoms with E-state index in [-0.39, 0.29) is 38.6 Å². The predicted molar refractivity (Wildman–Crippen MR) is 343 cm³/mol. The number of aliphatic carboxylic acids is 1. The molecule has 0 radical (unpaired) electrons. The highest BCUT2D eigenvalue weighted by Gasteiger charge is 2.22. The fraction of sp³-hybridized carbons (Fsp3) is 0.764. The van der Waals surface area contributed by atoms with Gasteiger partial charge in [0.1, 0.15) is 13.2 Å². The van der Waals surface area contributed by atoms with Gasteiger partial charge < -0.3 is 33.3 Å². The summed E-state index contributed by atoms with van der Waals surface area (Å²) >= 11 is 0. The molecule has 0 aromatic heterocycles. The van der Waals surface area contributed by atoms with Gasteiger partial charge in [-0.25, -0.2) is 0 Å². The first-order valence-electron chi connectivity index (χ1n) is 33.7. The molecule has 0 amide bonds. The van der Waals surface area contributed by atoms with Crippen molar-refractivity contribution in [2.75, 3.05) is 47.5 Å². The van der Waals surface area contributed by atoms with Crippen LogP contribution in [0.3, 0.4) is 0 Å². The topological polar surface area (TPSA) is 111 Å². The number of carbonyl (C=O) groups is 3. The van der Waals surface area contributed by atoms with Gasteiger partial charge in [0, 0.05) is 12.8 Å². The molecule has 0 saturated heterocycles. The number of rotatable bonds is 62. The van der Waals surface area contributed by atoms with E-state index in [4.69, 9.17) is 18.9 Å². The van der Waals surface area contributed by atoms with Crippen molar-refractivity contribution in [1.82, 2.24) is 0 Å². The number of unbranched alkanes of at least 4 members (excludes halogenated alkanes) is 33. The van der Waals surface area contributed by atoms with Crippen molar-refractivity contribution in [3.05, 3.63) is 85.1 Å². The van der Waals surface area contributed by atoms with Crippen LogP contribution in [0.15, 0.2) is 85.1 Å². The van der Waals surface area contributed by atoms with Gasteiger partial charge in [0.2, 0.25) is 0 Å². The van der Waals surface area contributed by atoms with Crippen molar-refractivity contribution < 1.29 is 42.9 Å². The maximum atomic E-state index is 12.9. The number of carboxylic acid groups (broad SMARTS) is 1. The van der Waals surface area contributed by atoms with Crippen LogP contribution in [0.5, 0.6) is 0 Å². The summed E-state index contributed by atoms with van der Waals surface area (Å²) in [4.78, 5) is 37.3. The third-order valence-electron chi connectivity index (χ3n) is 14.6. The molecule has 0 heterocycles. The molecule has 2 atom stereocenters. The standard InChI is InChI=1S/C72H127NO8/c1-6-8-10-12-14-16-18-20-22-23-24-25-26-27-28-29-30-31-32-33-34-35-36-37-38-39-40-41-42-43-44-45-46-47-49-51-53-55-57-59-61-63-70(75)81-68(67-80-72(71(76)77)78-65-64-73(3,4)5)66-79-69(74)62-60-58-56-54-52-50-48-21-19-17-15-13-11-9-7-2/h8,10,14-17,20-22,24-25,27-28,48,68,72H,6-7,9,11-13,18-19,23,26,29-47,49-67H2,1-5H3/b10-8-,16-14-,17-15-,22-20-,25-24-,28-27-,48-21-. The summed E-state index contributed by atoms with van der Waals surface area (Å²) in [6.07, 6.45) is 81.1. The SMILES string of the molecule is CC/C=C\C/C=C\C/C=C\C/C=C\C/C=C\CCCCCCCCCCCCCCCCCCCCCCCCCCCC(=O)OC(COC(=O)CCCCCCC/C=C\C/C=C\CCCCC)COC(OCC[N+](C)(C)C)C(=O)[O-]. The van der Waals surface area contributed by atoms with Crippen LogP contribution < -0.4 is 5.11 Å². The summed E-state index contributed by atoms with van der Waals surface area (Å²) in [6, 6.07) is 0. The minimum absolute atomic E-state index is 0.145. The number of carboxylic acids is 1. The number of likely N-dealkylation sites (N-methyl/N-ethyl adjacent to an activating group) is 1. The van der Waals surface area contributed by atoms with E-state index in [9.17, 15) is 19.5 Å². The number of carbonyl (C=O) groups excluding carboxylic acids is 3. The lowest BCUT2D eigenvalue weighted by atomic mass is 10.0. The Morgan fingerprint density at radius 1 is 0.383 bits per heavy atom. The molecular weight excluding hydrogens is 1010 g/mol. The quantitative estimate of drug-likeness (QED) is 0.0195. The molecule has 0 fully saturated rings. The van der Waals surface area contributed by atoms with Gasteiger partial charge in [0.05, 0.1) is 40.3 Å². The Balaban J connectivity index is 3.95. The van der Waals surface area contributed by atoms with E-state index in [0.29, 0.717) is 17.4 Å². The fourth-order valence-electron chi connectivity index (χ4n) is 9.48. The third-order valence-corrected chi connectivity index (χ3v) is 14.6. The number of hydrogen-bond acceptors (Lipinski definition) is 8. The molecule has 0 aromatic rings. The molecule has 2 unspecified atom stereocenters. The van der Waals surface area contributed by atoms with Crippen molar-refractivity contribution in [2.45, 2.75) is 309 Å². The highest BCUT2D eigenvalue weighted by molar-refractivity contribution is 5.70. The van der Waals surface area contributed by atoms with E-state index in [1.165, 1.54) is 173 Å². The monoisotopic (exact) mass is 1130 g/mol. The van der Waals surface area contributed by atoms with Crippen molar-refractivity contribution >= 4 is 17.9 Å². The second kappa shape index (κ2) is 62.5. The molecule has 81 heavy (non-hydrogen) atoms. The molecule has 0 aliphatic heterocycles. The summed E-state index contributed by atoms with van der Waals surface area (Å²) in [6.45, 7) is 4.61. The third kappa shape index (κ3) is 63.9. The lowest BCUT2D eigenvalue weighted by Crippen LogP contribution is -2.44. The van der Waals surface area contributed by atoms with Crippen molar-refractivity contribution in [3.63, 3.8) is 0 Å². The molecule has 0 aliphatic rings. The van der Waals surface area contributed by atoms with Crippen LogP contribution in [0.4, 0.5) is 0 Å². The first-order valence-corrected chi connectivity index (χ1v) is 33.7. The summed E-state index contributed by atoms with van der Waals surface area (Å²) < 4.78 is 22.7. The van der Waals surface area contributed by atoms with Gasteiger partial charge in [-0.2, -0.15) is 0 Å². The Kier molecular flexibility index (Phi) is 59.8. The average molecular weight is 1130 g/mol. The van der Waals surface area contributed by atoms with Crippen LogP contribution >= 0.6 is 0 Å². The fourth-order valence-corrected chi connectivity index (χ4v) is 9.48. The van der Waals surface area contributed by atoms with Gasteiger partial charge in [0.15, 0.2) is 12.4 Å². The second-order valence-electron chi connectivity index (χ2n) is 23.7. The van der Waals surface area contributed by atoms with Gasteiger partial charge in [0.25, 0.3) is 0 Å². The molecule has 468 valence electrons. The molecule has 0 N–H and O–H groups in total. The molecule has 0 aromatic carbocycles. The van der Waals surface area contributed by atoms with E-state index in [1.54, 1.807) is 0 Å². The number of esters is 2. The number of hydrogen-bond donors (Lipinski definition) is 0. The van der Waals surface area contributed by atoms with Crippen molar-refractivity contribution in [3.8, 4) is 0 Å². The molecule has 0 spiro atoms. The van der Waals surface area contributed by atoms with Gasteiger partial charge in [-0.05, 0) is 89.9 Å². The van der Waals surface area contributed by atoms with E-state index in [1.807, 2.05) is 21.1 Å². The number of nitrogens with zero attached hydrogens (tertiary/aromatic N) is 1. The lowest BCUT2D eigenvalue weighted by Gasteiger charge is -2.26. The lowest BCUT2D eigenvalue weighted by molar-refractivity contribution is -0.870. The maximum Gasteiger partial charge on any atom is 0.306 e. The minimum Gasteiger partial charge on any atom is -0.545 e. The van der Waals surface area contributed by atoms with Crippen LogP contribution in [0, 0.1) is 0 Å². The Labute approximate surface area is 500 Å². The molecular formula is C72H127NO8. The number of ether oxygens (including phenoxy) is 4. The average Bonchev–Trinajstić information content (AvgIpc) is 3.44. The van der Waals surface area contributed by atoms with Gasteiger partial charge >= 0.3 is 11.9 Å². The highest BCUT2D eigenvalue weighted by atomic mass is 16.7. The van der Waals surface area contributed by atoms with Gasteiger partial charge in [-0.15, -0.1) is 0 Å². The minimum atomic E-state index is -1.62. The predicted octanol–water partition coefficient (Wildman–Crippen LogP) is 19.4. The zero-order valence-electron chi connectivity index (χ0n) is 53.4. The Hall–Kier alpha value is -3.53. The summed E-state index contributed by atoms with van der Waals surface area (Å²) in [5.74, 6) is -2.29. The van der Waals surface area contributed by atoms with E-state index >= 15 is 0 Å². The van der Waals surface area contributed by atoms with Crippen LogP contribution in [0.2, 0.25) is 0 Å². The maximum absolute atomic E-state index is 12.9. The molecule has 0 rings (SSSR count).